The number of hydrogen-bond acceptors (Lipinski definition) is 2. The molecule has 0 radical (unpaired) electrons. The Hall–Kier alpha value is -2.69. The van der Waals surface area contributed by atoms with E-state index in [0.717, 1.165) is 18.4 Å². The highest BCUT2D eigenvalue weighted by atomic mass is 19.1. The van der Waals surface area contributed by atoms with E-state index >= 15 is 0 Å². The number of benzene rings is 2. The van der Waals surface area contributed by atoms with Crippen LogP contribution in [0.2, 0.25) is 0 Å². The number of piperidine rings is 1. The van der Waals surface area contributed by atoms with Gasteiger partial charge in [-0.15, -0.1) is 0 Å². The second-order valence-electron chi connectivity index (χ2n) is 7.71. The minimum Gasteiger partial charge on any atom is -0.353 e. The smallest absolute Gasteiger partial charge is 0.253 e. The van der Waals surface area contributed by atoms with Crippen LogP contribution in [0.5, 0.6) is 0 Å². The quantitative estimate of drug-likeness (QED) is 0.852. The van der Waals surface area contributed by atoms with Crippen LogP contribution in [0.4, 0.5) is 4.39 Å². The van der Waals surface area contributed by atoms with E-state index in [9.17, 15) is 14.0 Å². The van der Waals surface area contributed by atoms with Gasteiger partial charge in [-0.3, -0.25) is 9.59 Å². The van der Waals surface area contributed by atoms with Crippen LogP contribution in [0.1, 0.15) is 54.1 Å². The Morgan fingerprint density at radius 3 is 2.21 bits per heavy atom. The third kappa shape index (κ3) is 5.18. The van der Waals surface area contributed by atoms with Crippen LogP contribution < -0.4 is 5.32 Å². The summed E-state index contributed by atoms with van der Waals surface area (Å²) in [6, 6.07) is 13.9. The molecule has 3 rings (SSSR count). The zero-order valence-corrected chi connectivity index (χ0v) is 16.5. The summed E-state index contributed by atoms with van der Waals surface area (Å²) < 4.78 is 12.9. The van der Waals surface area contributed by atoms with Gasteiger partial charge in [-0.25, -0.2) is 4.39 Å². The SMILES string of the molecule is CC(C)c1ccc(C(=O)N2CCC(NC(=O)Cc3ccc(F)cc3)CC2)cc1. The Kier molecular flexibility index (Phi) is 6.45. The highest BCUT2D eigenvalue weighted by Gasteiger charge is 2.24. The molecule has 0 aliphatic carbocycles. The monoisotopic (exact) mass is 382 g/mol. The number of nitrogens with one attached hydrogen (secondary N) is 1. The predicted molar refractivity (Wildman–Crippen MR) is 108 cm³/mol. The predicted octanol–water partition coefficient (Wildman–Crippen LogP) is 3.91. The maximum atomic E-state index is 12.9. The van der Waals surface area contributed by atoms with Crippen molar-refractivity contribution in [2.75, 3.05) is 13.1 Å². The van der Waals surface area contributed by atoms with Gasteiger partial charge >= 0.3 is 0 Å². The van der Waals surface area contributed by atoms with E-state index in [1.54, 1.807) is 12.1 Å². The maximum Gasteiger partial charge on any atom is 0.253 e. The summed E-state index contributed by atoms with van der Waals surface area (Å²) in [5.41, 5.74) is 2.72. The first-order chi connectivity index (χ1) is 13.4. The molecule has 0 saturated carbocycles. The lowest BCUT2D eigenvalue weighted by atomic mass is 10.00. The molecule has 1 fully saturated rings. The summed E-state index contributed by atoms with van der Waals surface area (Å²) in [6.07, 6.45) is 1.72. The molecule has 0 unspecified atom stereocenters. The van der Waals surface area contributed by atoms with Crippen molar-refractivity contribution in [1.29, 1.82) is 0 Å². The fourth-order valence-electron chi connectivity index (χ4n) is 3.49. The van der Waals surface area contributed by atoms with E-state index < -0.39 is 0 Å². The van der Waals surface area contributed by atoms with E-state index in [1.807, 2.05) is 29.2 Å². The second-order valence-corrected chi connectivity index (χ2v) is 7.71. The van der Waals surface area contributed by atoms with Crippen LogP contribution in [-0.2, 0) is 11.2 Å². The zero-order valence-electron chi connectivity index (χ0n) is 16.5. The molecule has 4 nitrogen and oxygen atoms in total. The van der Waals surface area contributed by atoms with E-state index in [4.69, 9.17) is 0 Å². The minimum atomic E-state index is -0.306. The summed E-state index contributed by atoms with van der Waals surface area (Å²) in [5, 5.41) is 3.03. The molecule has 1 saturated heterocycles. The van der Waals surface area contributed by atoms with Gasteiger partial charge in [0.15, 0.2) is 0 Å². The summed E-state index contributed by atoms with van der Waals surface area (Å²) in [7, 11) is 0. The molecular formula is C23H27FN2O2. The Morgan fingerprint density at radius 1 is 1.04 bits per heavy atom. The molecule has 2 aromatic rings. The number of halogens is 1. The largest absolute Gasteiger partial charge is 0.353 e. The summed E-state index contributed by atoms with van der Waals surface area (Å²) >= 11 is 0. The molecule has 5 heteroatoms. The van der Waals surface area contributed by atoms with Gasteiger partial charge in [0.25, 0.3) is 5.91 Å². The summed E-state index contributed by atoms with van der Waals surface area (Å²) in [4.78, 5) is 26.7. The molecule has 148 valence electrons. The number of nitrogens with zero attached hydrogens (tertiary/aromatic N) is 1. The van der Waals surface area contributed by atoms with Crippen molar-refractivity contribution in [3.05, 3.63) is 71.0 Å². The van der Waals surface area contributed by atoms with Crippen LogP contribution in [0.3, 0.4) is 0 Å². The normalized spacial score (nSPS) is 14.9. The first-order valence-corrected chi connectivity index (χ1v) is 9.85. The lowest BCUT2D eigenvalue weighted by Crippen LogP contribution is -2.46. The van der Waals surface area contributed by atoms with Crippen LogP contribution in [-0.4, -0.2) is 35.8 Å². The molecule has 1 heterocycles. The third-order valence-corrected chi connectivity index (χ3v) is 5.25. The molecular weight excluding hydrogens is 355 g/mol. The number of amides is 2. The van der Waals surface area contributed by atoms with Crippen molar-refractivity contribution in [3.8, 4) is 0 Å². The number of carbonyl (C=O) groups excluding carboxylic acids is 2. The Balaban J connectivity index is 1.47. The highest BCUT2D eigenvalue weighted by molar-refractivity contribution is 5.94. The van der Waals surface area contributed by atoms with Crippen molar-refractivity contribution < 1.29 is 14.0 Å². The van der Waals surface area contributed by atoms with Gasteiger partial charge in [0.1, 0.15) is 5.82 Å². The van der Waals surface area contributed by atoms with Crippen molar-refractivity contribution in [3.63, 3.8) is 0 Å². The minimum absolute atomic E-state index is 0.0476. The molecule has 2 aromatic carbocycles. The van der Waals surface area contributed by atoms with Crippen LogP contribution >= 0.6 is 0 Å². The molecule has 28 heavy (non-hydrogen) atoms. The molecule has 1 N–H and O–H groups in total. The van der Waals surface area contributed by atoms with E-state index in [-0.39, 0.29) is 30.1 Å². The van der Waals surface area contributed by atoms with E-state index in [0.29, 0.717) is 24.6 Å². The van der Waals surface area contributed by atoms with Gasteiger partial charge < -0.3 is 10.2 Å². The summed E-state index contributed by atoms with van der Waals surface area (Å²) in [6.45, 7) is 5.52. The van der Waals surface area contributed by atoms with Crippen LogP contribution in [0, 0.1) is 5.82 Å². The molecule has 0 spiro atoms. The van der Waals surface area contributed by atoms with Gasteiger partial charge in [-0.05, 0) is 54.2 Å². The Labute approximate surface area is 165 Å². The fourth-order valence-corrected chi connectivity index (χ4v) is 3.49. The summed E-state index contributed by atoms with van der Waals surface area (Å²) in [5.74, 6) is 0.116. The second kappa shape index (κ2) is 9.00. The molecule has 0 atom stereocenters. The van der Waals surface area contributed by atoms with E-state index in [1.165, 1.54) is 17.7 Å². The van der Waals surface area contributed by atoms with Gasteiger partial charge in [-0.2, -0.15) is 0 Å². The van der Waals surface area contributed by atoms with Crippen LogP contribution in [0.25, 0.3) is 0 Å². The molecule has 1 aliphatic heterocycles. The maximum absolute atomic E-state index is 12.9. The Morgan fingerprint density at radius 2 is 1.64 bits per heavy atom. The highest BCUT2D eigenvalue weighted by Crippen LogP contribution is 2.18. The number of rotatable bonds is 5. The van der Waals surface area contributed by atoms with Crippen molar-refractivity contribution in [2.24, 2.45) is 0 Å². The lowest BCUT2D eigenvalue weighted by molar-refractivity contribution is -0.121. The van der Waals surface area contributed by atoms with Gasteiger partial charge in [0, 0.05) is 24.7 Å². The average Bonchev–Trinajstić information content (AvgIpc) is 2.70. The van der Waals surface area contributed by atoms with Crippen molar-refractivity contribution >= 4 is 11.8 Å². The first kappa shape index (κ1) is 20.1. The first-order valence-electron chi connectivity index (χ1n) is 9.85. The standard InChI is InChI=1S/C23H27FN2O2/c1-16(2)18-5-7-19(8-6-18)23(28)26-13-11-21(12-14-26)25-22(27)15-17-3-9-20(24)10-4-17/h3-10,16,21H,11-15H2,1-2H3,(H,25,27). The van der Waals surface area contributed by atoms with E-state index in [2.05, 4.69) is 19.2 Å². The van der Waals surface area contributed by atoms with Crippen molar-refractivity contribution in [2.45, 2.75) is 45.1 Å². The zero-order chi connectivity index (χ0) is 20.1. The molecule has 0 bridgehead atoms. The third-order valence-electron chi connectivity index (χ3n) is 5.25. The molecule has 1 aliphatic rings. The molecule has 0 aromatic heterocycles. The van der Waals surface area contributed by atoms with Crippen LogP contribution in [0.15, 0.2) is 48.5 Å². The lowest BCUT2D eigenvalue weighted by Gasteiger charge is -2.32. The van der Waals surface area contributed by atoms with Crippen molar-refractivity contribution in [1.82, 2.24) is 10.2 Å². The number of hydrogen-bond donors (Lipinski definition) is 1. The fraction of sp³-hybridized carbons (Fsp3) is 0.391. The Bertz CT molecular complexity index is 808. The molecule has 2 amide bonds. The topological polar surface area (TPSA) is 49.4 Å². The van der Waals surface area contributed by atoms with Gasteiger partial charge in [-0.1, -0.05) is 38.1 Å². The number of carbonyl (C=O) groups is 2. The average molecular weight is 382 g/mol. The number of likely N-dealkylation sites (tertiary alicyclic amines) is 1. The van der Waals surface area contributed by atoms with Gasteiger partial charge in [0.05, 0.1) is 6.42 Å². The van der Waals surface area contributed by atoms with Gasteiger partial charge in [0.2, 0.25) is 5.91 Å².